The second-order valence-electron chi connectivity index (χ2n) is 5.11. The number of rotatable bonds is 4. The summed E-state index contributed by atoms with van der Waals surface area (Å²) in [7, 11) is 0. The smallest absolute Gasteiger partial charge is 0.325 e. The third-order valence-corrected chi connectivity index (χ3v) is 3.24. The van der Waals surface area contributed by atoms with Gasteiger partial charge in [-0.15, -0.1) is 0 Å². The Bertz CT molecular complexity index is 762. The molecule has 1 heterocycles. The minimum absolute atomic E-state index is 0.0138. The first kappa shape index (κ1) is 15.4. The largest absolute Gasteiger partial charge is 0.491 e. The molecule has 21 heavy (non-hydrogen) atoms. The van der Waals surface area contributed by atoms with Gasteiger partial charge in [0.05, 0.1) is 6.10 Å². The van der Waals surface area contributed by atoms with E-state index in [1.165, 1.54) is 0 Å². The van der Waals surface area contributed by atoms with Crippen LogP contribution in [0.25, 0.3) is 0 Å². The molecule has 112 valence electrons. The molecule has 5 nitrogen and oxygen atoms in total. The molecule has 2 rings (SSSR count). The van der Waals surface area contributed by atoms with Crippen molar-refractivity contribution in [2.24, 2.45) is 0 Å². The molecular weight excluding hydrogens is 292 g/mol. The Hall–Kier alpha value is -2.01. The Morgan fingerprint density at radius 2 is 1.95 bits per heavy atom. The zero-order valence-corrected chi connectivity index (χ0v) is 12.9. The van der Waals surface area contributed by atoms with Gasteiger partial charge in [0.25, 0.3) is 5.56 Å². The summed E-state index contributed by atoms with van der Waals surface area (Å²) < 4.78 is 5.73. The third-order valence-electron chi connectivity index (χ3n) is 3.01. The number of hydrogen-bond acceptors (Lipinski definition) is 3. The lowest BCUT2D eigenvalue weighted by atomic mass is 10.0. The van der Waals surface area contributed by atoms with Gasteiger partial charge in [-0.2, -0.15) is 0 Å². The summed E-state index contributed by atoms with van der Waals surface area (Å²) in [4.78, 5) is 28.0. The van der Waals surface area contributed by atoms with Gasteiger partial charge in [0, 0.05) is 28.3 Å². The minimum atomic E-state index is -0.508. The molecule has 2 N–H and O–H groups in total. The van der Waals surface area contributed by atoms with Crippen LogP contribution < -0.4 is 16.0 Å². The average Bonchev–Trinajstić information content (AvgIpc) is 2.36. The van der Waals surface area contributed by atoms with E-state index in [-0.39, 0.29) is 6.10 Å². The van der Waals surface area contributed by atoms with Crippen LogP contribution in [-0.2, 0) is 6.42 Å². The Kier molecular flexibility index (Phi) is 4.53. The van der Waals surface area contributed by atoms with E-state index < -0.39 is 11.2 Å². The molecule has 0 saturated carbocycles. The van der Waals surface area contributed by atoms with Crippen LogP contribution in [0.1, 0.15) is 30.7 Å². The molecule has 0 atom stereocenters. The predicted octanol–water partition coefficient (Wildman–Crippen LogP) is 2.40. The Balaban J connectivity index is 2.46. The first-order chi connectivity index (χ1) is 9.86. The summed E-state index contributed by atoms with van der Waals surface area (Å²) in [5, 5.41) is 0.569. The number of aromatic amines is 2. The van der Waals surface area contributed by atoms with Gasteiger partial charge in [0.2, 0.25) is 0 Å². The summed E-state index contributed by atoms with van der Waals surface area (Å²) in [6.07, 6.45) is 0.348. The number of ether oxygens (including phenoxy) is 1. The maximum atomic E-state index is 11.9. The fourth-order valence-electron chi connectivity index (χ4n) is 2.08. The van der Waals surface area contributed by atoms with E-state index in [2.05, 4.69) is 9.97 Å². The SMILES string of the molecule is Cc1[nH]c(=O)[nH]c(=O)c1Cc1cc(Cl)ccc1OC(C)C. The summed E-state index contributed by atoms with van der Waals surface area (Å²) in [5.74, 6) is 0.680. The Labute approximate surface area is 126 Å². The summed E-state index contributed by atoms with van der Waals surface area (Å²) >= 11 is 6.03. The van der Waals surface area contributed by atoms with Gasteiger partial charge in [0.15, 0.2) is 0 Å². The van der Waals surface area contributed by atoms with Crippen molar-refractivity contribution in [1.82, 2.24) is 9.97 Å². The van der Waals surface area contributed by atoms with Gasteiger partial charge in [-0.05, 0) is 39.0 Å². The number of H-pyrrole nitrogens is 2. The maximum Gasteiger partial charge on any atom is 0.325 e. The lowest BCUT2D eigenvalue weighted by molar-refractivity contribution is 0.240. The normalized spacial score (nSPS) is 10.9. The molecule has 6 heteroatoms. The molecule has 0 unspecified atom stereocenters. The monoisotopic (exact) mass is 308 g/mol. The molecular formula is C15H17ClN2O3. The summed E-state index contributed by atoms with van der Waals surface area (Å²) in [5.41, 5.74) is 0.930. The first-order valence-corrected chi connectivity index (χ1v) is 7.01. The standard InChI is InChI=1S/C15H17ClN2O3/c1-8(2)21-13-5-4-11(16)6-10(13)7-12-9(3)17-15(20)18-14(12)19/h4-6,8H,7H2,1-3H3,(H2,17,18,19,20). The molecule has 0 radical (unpaired) electrons. The van der Waals surface area contributed by atoms with Crippen LogP contribution in [0, 0.1) is 6.92 Å². The molecule has 1 aromatic carbocycles. The van der Waals surface area contributed by atoms with E-state index in [1.54, 1.807) is 25.1 Å². The Morgan fingerprint density at radius 1 is 1.24 bits per heavy atom. The van der Waals surface area contributed by atoms with E-state index in [9.17, 15) is 9.59 Å². The van der Waals surface area contributed by atoms with Crippen LogP contribution in [0.2, 0.25) is 5.02 Å². The van der Waals surface area contributed by atoms with Crippen molar-refractivity contribution < 1.29 is 4.74 Å². The number of benzene rings is 1. The van der Waals surface area contributed by atoms with E-state index >= 15 is 0 Å². The molecule has 0 fully saturated rings. The van der Waals surface area contributed by atoms with E-state index in [4.69, 9.17) is 16.3 Å². The molecule has 0 saturated heterocycles. The topological polar surface area (TPSA) is 75.0 Å². The Morgan fingerprint density at radius 3 is 2.57 bits per heavy atom. The number of aryl methyl sites for hydroxylation is 1. The van der Waals surface area contributed by atoms with Crippen LogP contribution in [-0.4, -0.2) is 16.1 Å². The van der Waals surface area contributed by atoms with Crippen molar-refractivity contribution in [3.63, 3.8) is 0 Å². The molecule has 1 aromatic heterocycles. The van der Waals surface area contributed by atoms with Crippen LogP contribution in [0.4, 0.5) is 0 Å². The highest BCUT2D eigenvalue weighted by Crippen LogP contribution is 2.26. The van der Waals surface area contributed by atoms with Crippen LogP contribution in [0.15, 0.2) is 27.8 Å². The van der Waals surface area contributed by atoms with Crippen LogP contribution in [0.5, 0.6) is 5.75 Å². The van der Waals surface area contributed by atoms with Crippen molar-refractivity contribution in [3.05, 3.63) is 60.9 Å². The molecule has 0 aliphatic heterocycles. The maximum absolute atomic E-state index is 11.9. The predicted molar refractivity (Wildman–Crippen MR) is 82.4 cm³/mol. The average molecular weight is 309 g/mol. The number of aromatic nitrogens is 2. The highest BCUT2D eigenvalue weighted by Gasteiger charge is 2.12. The van der Waals surface area contributed by atoms with Gasteiger partial charge < -0.3 is 9.72 Å². The number of halogens is 1. The van der Waals surface area contributed by atoms with Crippen molar-refractivity contribution in [2.75, 3.05) is 0 Å². The van der Waals surface area contributed by atoms with Crippen molar-refractivity contribution in [3.8, 4) is 5.75 Å². The zero-order valence-electron chi connectivity index (χ0n) is 12.1. The van der Waals surface area contributed by atoms with Crippen molar-refractivity contribution >= 4 is 11.6 Å². The van der Waals surface area contributed by atoms with E-state index in [0.29, 0.717) is 28.5 Å². The third kappa shape index (κ3) is 3.76. The van der Waals surface area contributed by atoms with Gasteiger partial charge in [-0.25, -0.2) is 4.79 Å². The quantitative estimate of drug-likeness (QED) is 0.910. The van der Waals surface area contributed by atoms with Crippen LogP contribution >= 0.6 is 11.6 Å². The van der Waals surface area contributed by atoms with Gasteiger partial charge in [-0.1, -0.05) is 11.6 Å². The second-order valence-corrected chi connectivity index (χ2v) is 5.54. The van der Waals surface area contributed by atoms with Crippen molar-refractivity contribution in [1.29, 1.82) is 0 Å². The minimum Gasteiger partial charge on any atom is -0.491 e. The highest BCUT2D eigenvalue weighted by molar-refractivity contribution is 6.30. The second kappa shape index (κ2) is 6.18. The fourth-order valence-corrected chi connectivity index (χ4v) is 2.28. The molecule has 0 spiro atoms. The lowest BCUT2D eigenvalue weighted by Gasteiger charge is -2.15. The first-order valence-electron chi connectivity index (χ1n) is 6.64. The fraction of sp³-hybridized carbons (Fsp3) is 0.333. The molecule has 0 aliphatic carbocycles. The summed E-state index contributed by atoms with van der Waals surface area (Å²) in [6.45, 7) is 5.55. The number of nitrogens with one attached hydrogen (secondary N) is 2. The van der Waals surface area contributed by atoms with E-state index in [0.717, 1.165) is 5.56 Å². The number of hydrogen-bond donors (Lipinski definition) is 2. The molecule has 0 bridgehead atoms. The van der Waals surface area contributed by atoms with E-state index in [1.807, 2.05) is 13.8 Å². The highest BCUT2D eigenvalue weighted by atomic mass is 35.5. The summed E-state index contributed by atoms with van der Waals surface area (Å²) in [6, 6.07) is 5.29. The molecule has 0 amide bonds. The van der Waals surface area contributed by atoms with Gasteiger partial charge in [0.1, 0.15) is 5.75 Å². The van der Waals surface area contributed by atoms with Crippen LogP contribution in [0.3, 0.4) is 0 Å². The van der Waals surface area contributed by atoms with Crippen molar-refractivity contribution in [2.45, 2.75) is 33.3 Å². The molecule has 0 aliphatic rings. The zero-order chi connectivity index (χ0) is 15.6. The molecule has 2 aromatic rings. The van der Waals surface area contributed by atoms with Gasteiger partial charge >= 0.3 is 5.69 Å². The lowest BCUT2D eigenvalue weighted by Crippen LogP contribution is -2.27. The van der Waals surface area contributed by atoms with Gasteiger partial charge in [-0.3, -0.25) is 9.78 Å².